The van der Waals surface area contributed by atoms with Crippen molar-refractivity contribution in [3.05, 3.63) is 65.4 Å². The molecule has 4 rings (SSSR count). The molecule has 0 unspecified atom stereocenters. The Hall–Kier alpha value is -2.71. The third-order valence-electron chi connectivity index (χ3n) is 4.12. The first-order chi connectivity index (χ1) is 13.6. The van der Waals surface area contributed by atoms with Crippen LogP contribution in [0.1, 0.15) is 5.69 Å². The molecule has 0 fully saturated rings. The van der Waals surface area contributed by atoms with Crippen LogP contribution in [0, 0.1) is 5.82 Å². The van der Waals surface area contributed by atoms with Gasteiger partial charge in [0.05, 0.1) is 17.1 Å². The highest BCUT2D eigenvalue weighted by Crippen LogP contribution is 2.34. The van der Waals surface area contributed by atoms with Crippen molar-refractivity contribution >= 4 is 40.7 Å². The number of halogens is 1. The predicted molar refractivity (Wildman–Crippen MR) is 107 cm³/mol. The molecule has 0 saturated carbocycles. The van der Waals surface area contributed by atoms with Crippen LogP contribution in [0.4, 0.5) is 10.1 Å². The Kier molecular flexibility index (Phi) is 5.40. The van der Waals surface area contributed by atoms with Gasteiger partial charge in [0.15, 0.2) is 0 Å². The Labute approximate surface area is 169 Å². The lowest BCUT2D eigenvalue weighted by atomic mass is 10.2. The maximum atomic E-state index is 13.0. The molecule has 0 N–H and O–H groups in total. The van der Waals surface area contributed by atoms with Gasteiger partial charge in [-0.3, -0.25) is 14.5 Å². The number of aromatic nitrogens is 1. The first-order valence-corrected chi connectivity index (χ1v) is 10.3. The molecule has 2 aromatic carbocycles. The fraction of sp³-hybridized carbons (Fsp3) is 0.150. The van der Waals surface area contributed by atoms with Crippen molar-refractivity contribution in [1.82, 2.24) is 4.98 Å². The Morgan fingerprint density at radius 2 is 1.96 bits per heavy atom. The van der Waals surface area contributed by atoms with Crippen molar-refractivity contribution < 1.29 is 18.7 Å². The second-order valence-electron chi connectivity index (χ2n) is 6.05. The lowest BCUT2D eigenvalue weighted by Gasteiger charge is -2.27. The van der Waals surface area contributed by atoms with E-state index in [0.717, 1.165) is 21.2 Å². The van der Waals surface area contributed by atoms with E-state index in [1.165, 1.54) is 40.1 Å². The molecule has 0 radical (unpaired) electrons. The van der Waals surface area contributed by atoms with E-state index in [0.29, 0.717) is 11.4 Å². The van der Waals surface area contributed by atoms with E-state index >= 15 is 0 Å². The summed E-state index contributed by atoms with van der Waals surface area (Å²) in [5, 5.41) is 2.52. The maximum absolute atomic E-state index is 13.0. The average Bonchev–Trinajstić information content (AvgIpc) is 3.18. The molecule has 142 valence electrons. The summed E-state index contributed by atoms with van der Waals surface area (Å²) < 4.78 is 18.3. The van der Waals surface area contributed by atoms with E-state index in [1.807, 2.05) is 24.3 Å². The summed E-state index contributed by atoms with van der Waals surface area (Å²) in [5.74, 6) is -0.613. The molecule has 0 bridgehead atoms. The molecular weight excluding hydrogens is 399 g/mol. The summed E-state index contributed by atoms with van der Waals surface area (Å²) in [6.07, 6.45) is 0. The molecule has 5 nitrogen and oxygen atoms in total. The summed E-state index contributed by atoms with van der Waals surface area (Å²) in [4.78, 5) is 31.3. The van der Waals surface area contributed by atoms with Crippen LogP contribution in [0.2, 0.25) is 0 Å². The molecule has 0 saturated heterocycles. The van der Waals surface area contributed by atoms with E-state index in [-0.39, 0.29) is 24.9 Å². The van der Waals surface area contributed by atoms with Crippen LogP contribution in [0.15, 0.2) is 58.8 Å². The number of hydrogen-bond donors (Lipinski definition) is 0. The molecule has 1 aromatic heterocycles. The van der Waals surface area contributed by atoms with Gasteiger partial charge in [0.25, 0.3) is 0 Å². The Morgan fingerprint density at radius 1 is 1.18 bits per heavy atom. The number of hydrogen-bond acceptors (Lipinski definition) is 6. The van der Waals surface area contributed by atoms with Crippen LogP contribution >= 0.6 is 23.1 Å². The third-order valence-corrected chi connectivity index (χ3v) is 6.11. The smallest absolute Gasteiger partial charge is 0.326 e. The molecule has 1 amide bonds. The minimum atomic E-state index is -0.494. The second kappa shape index (κ2) is 8.12. The van der Waals surface area contributed by atoms with E-state index < -0.39 is 5.97 Å². The van der Waals surface area contributed by atoms with Crippen LogP contribution < -0.4 is 4.90 Å². The van der Waals surface area contributed by atoms with Crippen molar-refractivity contribution in [3.8, 4) is 10.6 Å². The number of ether oxygens (including phenoxy) is 1. The molecule has 1 aliphatic rings. The van der Waals surface area contributed by atoms with Crippen molar-refractivity contribution in [2.24, 2.45) is 0 Å². The van der Waals surface area contributed by atoms with Crippen molar-refractivity contribution in [1.29, 1.82) is 0 Å². The Bertz CT molecular complexity index is 1020. The van der Waals surface area contributed by atoms with Gasteiger partial charge >= 0.3 is 5.97 Å². The fourth-order valence-electron chi connectivity index (χ4n) is 2.75. The van der Waals surface area contributed by atoms with Gasteiger partial charge < -0.3 is 4.74 Å². The number of thiazole rings is 1. The minimum absolute atomic E-state index is 0.0228. The quantitative estimate of drug-likeness (QED) is 0.588. The molecule has 8 heteroatoms. The molecule has 2 heterocycles. The van der Waals surface area contributed by atoms with Crippen molar-refractivity contribution in [2.75, 3.05) is 17.2 Å². The number of benzene rings is 2. The topological polar surface area (TPSA) is 59.5 Å². The largest absolute Gasteiger partial charge is 0.458 e. The molecular formula is C20H15FN2O3S2. The highest BCUT2D eigenvalue weighted by molar-refractivity contribution is 8.00. The first kappa shape index (κ1) is 18.6. The standard InChI is InChI=1S/C20H15FN2O3S2/c21-14-7-5-13(6-8-14)20-22-15(11-28-20)10-26-19(25)9-23-16-3-1-2-4-17(16)27-12-18(23)24/h1-8,11H,9-10,12H2. The van der Waals surface area contributed by atoms with Gasteiger partial charge in [-0.15, -0.1) is 23.1 Å². The third kappa shape index (κ3) is 4.07. The van der Waals surface area contributed by atoms with Crippen LogP contribution in [-0.4, -0.2) is 29.2 Å². The normalized spacial score (nSPS) is 13.3. The Morgan fingerprint density at radius 3 is 2.79 bits per heavy atom. The van der Waals surface area contributed by atoms with E-state index in [1.54, 1.807) is 17.5 Å². The summed E-state index contributed by atoms with van der Waals surface area (Å²) in [6, 6.07) is 13.5. The van der Waals surface area contributed by atoms with E-state index in [9.17, 15) is 14.0 Å². The molecule has 28 heavy (non-hydrogen) atoms. The number of anilines is 1. The lowest BCUT2D eigenvalue weighted by molar-refractivity contribution is -0.144. The van der Waals surface area contributed by atoms with Crippen molar-refractivity contribution in [3.63, 3.8) is 0 Å². The van der Waals surface area contributed by atoms with E-state index in [2.05, 4.69) is 4.98 Å². The Balaban J connectivity index is 1.38. The number of rotatable bonds is 5. The number of para-hydroxylation sites is 1. The van der Waals surface area contributed by atoms with Gasteiger partial charge in [-0.25, -0.2) is 9.37 Å². The number of thioether (sulfide) groups is 1. The summed E-state index contributed by atoms with van der Waals surface area (Å²) >= 11 is 2.86. The van der Waals surface area contributed by atoms with Crippen LogP contribution in [-0.2, 0) is 20.9 Å². The molecule has 0 aliphatic carbocycles. The highest BCUT2D eigenvalue weighted by atomic mass is 32.2. The zero-order chi connectivity index (χ0) is 19.5. The van der Waals surface area contributed by atoms with Gasteiger partial charge in [-0.1, -0.05) is 12.1 Å². The summed E-state index contributed by atoms with van der Waals surface area (Å²) in [5.41, 5.74) is 2.14. The maximum Gasteiger partial charge on any atom is 0.326 e. The highest BCUT2D eigenvalue weighted by Gasteiger charge is 2.26. The fourth-order valence-corrected chi connectivity index (χ4v) is 4.50. The number of nitrogens with zero attached hydrogens (tertiary/aromatic N) is 2. The van der Waals surface area contributed by atoms with Gasteiger partial charge in [-0.2, -0.15) is 0 Å². The number of carbonyl (C=O) groups is 2. The monoisotopic (exact) mass is 414 g/mol. The van der Waals surface area contributed by atoms with Crippen LogP contribution in [0.3, 0.4) is 0 Å². The molecule has 0 atom stereocenters. The number of esters is 1. The van der Waals surface area contributed by atoms with Crippen LogP contribution in [0.25, 0.3) is 10.6 Å². The second-order valence-corrected chi connectivity index (χ2v) is 7.92. The molecule has 3 aromatic rings. The van der Waals surface area contributed by atoms with E-state index in [4.69, 9.17) is 4.74 Å². The molecule has 0 spiro atoms. The van der Waals surface area contributed by atoms with Gasteiger partial charge in [0, 0.05) is 15.8 Å². The summed E-state index contributed by atoms with van der Waals surface area (Å²) in [6.45, 7) is -0.111. The predicted octanol–water partition coefficient (Wildman–Crippen LogP) is 4.13. The lowest BCUT2D eigenvalue weighted by Crippen LogP contribution is -2.39. The van der Waals surface area contributed by atoms with Crippen molar-refractivity contribution in [2.45, 2.75) is 11.5 Å². The van der Waals surface area contributed by atoms with Gasteiger partial charge in [0.1, 0.15) is 24.0 Å². The van der Waals surface area contributed by atoms with Gasteiger partial charge in [0.2, 0.25) is 5.91 Å². The number of carbonyl (C=O) groups excluding carboxylic acids is 2. The SMILES string of the molecule is O=C(CN1C(=O)CSc2ccccc21)OCc1csc(-c2ccc(F)cc2)n1. The zero-order valence-electron chi connectivity index (χ0n) is 14.6. The van der Waals surface area contributed by atoms with Crippen LogP contribution in [0.5, 0.6) is 0 Å². The minimum Gasteiger partial charge on any atom is -0.458 e. The number of fused-ring (bicyclic) bond motifs is 1. The zero-order valence-corrected chi connectivity index (χ0v) is 16.3. The number of amides is 1. The van der Waals surface area contributed by atoms with Gasteiger partial charge in [-0.05, 0) is 36.4 Å². The first-order valence-electron chi connectivity index (χ1n) is 8.48. The summed E-state index contributed by atoms with van der Waals surface area (Å²) in [7, 11) is 0. The molecule has 1 aliphatic heterocycles. The average molecular weight is 414 g/mol.